The molecule has 0 radical (unpaired) electrons. The van der Waals surface area contributed by atoms with E-state index in [1.54, 1.807) is 0 Å². The summed E-state index contributed by atoms with van der Waals surface area (Å²) in [6.45, 7) is 4.33. The largest absolute Gasteiger partial charge is 0.345 e. The molecule has 14 heavy (non-hydrogen) atoms. The predicted molar refractivity (Wildman–Crippen MR) is 67.5 cm³/mol. The molecule has 0 saturated heterocycles. The fourth-order valence-corrected chi connectivity index (χ4v) is 3.34. The highest BCUT2D eigenvalue weighted by molar-refractivity contribution is 7.64. The summed E-state index contributed by atoms with van der Waals surface area (Å²) in [4.78, 5) is 0. The molecule has 0 heterocycles. The number of rotatable bonds is 3. The summed E-state index contributed by atoms with van der Waals surface area (Å²) in [5, 5.41) is 0. The molecule has 0 fully saturated rings. The number of halogens is 3. The highest BCUT2D eigenvalue weighted by atomic mass is 35.8. The average Bonchev–Trinajstić information content (AvgIpc) is 2.02. The standard InChI is InChI=1S/C10H13Cl3Si/c1-8(2)10-5-3-9(4-6-10)7-14(11,12)13/h3-6,8H,7H2,1-2H3. The molecule has 0 spiro atoms. The summed E-state index contributed by atoms with van der Waals surface area (Å²) >= 11 is 17.5. The minimum atomic E-state index is -2.53. The van der Waals surface area contributed by atoms with Crippen LogP contribution in [0, 0.1) is 0 Å². The van der Waals surface area contributed by atoms with E-state index in [1.807, 2.05) is 12.1 Å². The van der Waals surface area contributed by atoms with Crippen molar-refractivity contribution in [3.63, 3.8) is 0 Å². The van der Waals surface area contributed by atoms with Gasteiger partial charge >= 0.3 is 6.00 Å². The molecule has 0 aliphatic rings. The second-order valence-electron chi connectivity index (χ2n) is 3.69. The number of hydrogen-bond acceptors (Lipinski definition) is 0. The van der Waals surface area contributed by atoms with Gasteiger partial charge < -0.3 is 0 Å². The molecule has 0 aromatic heterocycles. The highest BCUT2D eigenvalue weighted by Gasteiger charge is 2.25. The van der Waals surface area contributed by atoms with Crippen LogP contribution in [0.3, 0.4) is 0 Å². The molecule has 0 N–H and O–H groups in total. The molecule has 1 aromatic rings. The lowest BCUT2D eigenvalue weighted by atomic mass is 10.0. The maximum absolute atomic E-state index is 5.84. The van der Waals surface area contributed by atoms with E-state index in [9.17, 15) is 0 Å². The fourth-order valence-electron chi connectivity index (χ4n) is 1.25. The van der Waals surface area contributed by atoms with Gasteiger partial charge in [0, 0.05) is 6.04 Å². The van der Waals surface area contributed by atoms with E-state index in [0.717, 1.165) is 5.56 Å². The van der Waals surface area contributed by atoms with E-state index in [-0.39, 0.29) is 0 Å². The first-order chi connectivity index (χ1) is 6.38. The van der Waals surface area contributed by atoms with Gasteiger partial charge in [0.1, 0.15) is 0 Å². The zero-order valence-electron chi connectivity index (χ0n) is 8.23. The average molecular weight is 268 g/mol. The van der Waals surface area contributed by atoms with Crippen molar-refractivity contribution in [3.05, 3.63) is 35.4 Å². The van der Waals surface area contributed by atoms with E-state index < -0.39 is 6.00 Å². The van der Waals surface area contributed by atoms with Crippen LogP contribution >= 0.6 is 33.2 Å². The zero-order valence-corrected chi connectivity index (χ0v) is 11.5. The fraction of sp³-hybridized carbons (Fsp3) is 0.400. The van der Waals surface area contributed by atoms with E-state index >= 15 is 0 Å². The third-order valence-electron chi connectivity index (χ3n) is 2.05. The lowest BCUT2D eigenvalue weighted by molar-refractivity contribution is 0.866. The maximum atomic E-state index is 5.84. The monoisotopic (exact) mass is 266 g/mol. The summed E-state index contributed by atoms with van der Waals surface area (Å²) < 4.78 is 0. The van der Waals surface area contributed by atoms with Gasteiger partial charge in [-0.1, -0.05) is 38.1 Å². The Kier molecular flexibility index (Phi) is 4.32. The number of hydrogen-bond donors (Lipinski definition) is 0. The summed E-state index contributed by atoms with van der Waals surface area (Å²) in [5.41, 5.74) is 2.43. The Morgan fingerprint density at radius 3 is 1.93 bits per heavy atom. The van der Waals surface area contributed by atoms with Crippen molar-refractivity contribution in [2.24, 2.45) is 0 Å². The third kappa shape index (κ3) is 4.22. The predicted octanol–water partition coefficient (Wildman–Crippen LogP) is 4.55. The molecule has 0 nitrogen and oxygen atoms in total. The molecule has 0 amide bonds. The Balaban J connectivity index is 2.74. The summed E-state index contributed by atoms with van der Waals surface area (Å²) in [6.07, 6.45) is 0. The summed E-state index contributed by atoms with van der Waals surface area (Å²) in [5.74, 6) is 0.550. The lowest BCUT2D eigenvalue weighted by Gasteiger charge is -2.09. The minimum Gasteiger partial charge on any atom is -0.126 e. The summed E-state index contributed by atoms with van der Waals surface area (Å²) in [6, 6.07) is 6.36. The van der Waals surface area contributed by atoms with Crippen molar-refractivity contribution in [1.82, 2.24) is 0 Å². The quantitative estimate of drug-likeness (QED) is 0.557. The van der Waals surface area contributed by atoms with Crippen molar-refractivity contribution in [2.45, 2.75) is 25.8 Å². The Hall–Kier alpha value is 0.307. The topological polar surface area (TPSA) is 0 Å². The SMILES string of the molecule is CC(C)c1ccc(C[Si](Cl)(Cl)Cl)cc1. The Morgan fingerprint density at radius 2 is 1.57 bits per heavy atom. The van der Waals surface area contributed by atoms with Gasteiger partial charge in [0.15, 0.2) is 0 Å². The van der Waals surface area contributed by atoms with Gasteiger partial charge in [-0.3, -0.25) is 0 Å². The third-order valence-corrected chi connectivity index (χ3v) is 4.06. The van der Waals surface area contributed by atoms with E-state index in [1.165, 1.54) is 5.56 Å². The van der Waals surface area contributed by atoms with Crippen LogP contribution < -0.4 is 0 Å². The molecule has 0 atom stereocenters. The molecule has 0 aliphatic carbocycles. The second kappa shape index (κ2) is 4.89. The van der Waals surface area contributed by atoms with E-state index in [2.05, 4.69) is 26.0 Å². The van der Waals surface area contributed by atoms with Gasteiger partial charge in [-0.25, -0.2) is 0 Å². The van der Waals surface area contributed by atoms with Crippen LogP contribution in [-0.2, 0) is 6.04 Å². The van der Waals surface area contributed by atoms with Gasteiger partial charge in [0.25, 0.3) is 0 Å². The maximum Gasteiger partial charge on any atom is 0.345 e. The van der Waals surface area contributed by atoms with Crippen molar-refractivity contribution in [1.29, 1.82) is 0 Å². The molecule has 78 valence electrons. The van der Waals surface area contributed by atoms with Gasteiger partial charge in [-0.15, -0.1) is 33.2 Å². The Labute approximate surface area is 100 Å². The van der Waals surface area contributed by atoms with Crippen LogP contribution in [0.25, 0.3) is 0 Å². The first-order valence-electron chi connectivity index (χ1n) is 4.54. The van der Waals surface area contributed by atoms with Crippen LogP contribution in [0.5, 0.6) is 0 Å². The lowest BCUT2D eigenvalue weighted by Crippen LogP contribution is -2.14. The molecular weight excluding hydrogens is 255 g/mol. The molecule has 1 rings (SSSR count). The second-order valence-corrected chi connectivity index (χ2v) is 12.8. The highest BCUT2D eigenvalue weighted by Crippen LogP contribution is 2.25. The van der Waals surface area contributed by atoms with Gasteiger partial charge in [-0.05, 0) is 17.0 Å². The minimum absolute atomic E-state index is 0.550. The van der Waals surface area contributed by atoms with Crippen molar-refractivity contribution >= 4 is 39.2 Å². The van der Waals surface area contributed by atoms with Crippen molar-refractivity contribution < 1.29 is 0 Å². The van der Waals surface area contributed by atoms with Crippen LogP contribution in [0.4, 0.5) is 0 Å². The van der Waals surface area contributed by atoms with E-state index in [4.69, 9.17) is 33.2 Å². The first kappa shape index (κ1) is 12.4. The normalized spacial score (nSPS) is 12.1. The molecule has 1 aromatic carbocycles. The van der Waals surface area contributed by atoms with Crippen LogP contribution in [0.1, 0.15) is 30.9 Å². The molecule has 4 heteroatoms. The van der Waals surface area contributed by atoms with Gasteiger partial charge in [0.2, 0.25) is 0 Å². The smallest absolute Gasteiger partial charge is 0.126 e. The Morgan fingerprint density at radius 1 is 1.07 bits per heavy atom. The Bertz CT molecular complexity index is 287. The zero-order chi connectivity index (χ0) is 10.8. The molecule has 0 saturated carbocycles. The summed E-state index contributed by atoms with van der Waals surface area (Å²) in [7, 11) is 0. The van der Waals surface area contributed by atoms with Crippen LogP contribution in [0.2, 0.25) is 0 Å². The molecular formula is C10H13Cl3Si. The van der Waals surface area contributed by atoms with Gasteiger partial charge in [0.05, 0.1) is 0 Å². The van der Waals surface area contributed by atoms with Crippen LogP contribution in [0.15, 0.2) is 24.3 Å². The van der Waals surface area contributed by atoms with Crippen LogP contribution in [-0.4, -0.2) is 6.00 Å². The van der Waals surface area contributed by atoms with Crippen molar-refractivity contribution in [3.8, 4) is 0 Å². The molecule has 0 unspecified atom stereocenters. The van der Waals surface area contributed by atoms with Crippen molar-refractivity contribution in [2.75, 3.05) is 0 Å². The molecule has 0 aliphatic heterocycles. The van der Waals surface area contributed by atoms with E-state index in [0.29, 0.717) is 12.0 Å². The first-order valence-corrected chi connectivity index (χ1v) is 9.78. The number of benzene rings is 1. The molecule has 0 bridgehead atoms. The van der Waals surface area contributed by atoms with Gasteiger partial charge in [-0.2, -0.15) is 0 Å².